The Balaban J connectivity index is 1.82. The Morgan fingerprint density at radius 1 is 1.14 bits per heavy atom. The molecule has 0 atom stereocenters. The molecule has 4 nitrogen and oxygen atoms in total. The van der Waals surface area contributed by atoms with E-state index in [2.05, 4.69) is 4.90 Å². The highest BCUT2D eigenvalue weighted by Gasteiger charge is 2.08. The number of rotatable bonds is 3. The molecule has 5 heteroatoms. The summed E-state index contributed by atoms with van der Waals surface area (Å²) >= 11 is 5.99. The van der Waals surface area contributed by atoms with E-state index in [9.17, 15) is 5.21 Å². The molecule has 0 spiro atoms. The van der Waals surface area contributed by atoms with Crippen LogP contribution in [0.15, 0.2) is 35.5 Å². The van der Waals surface area contributed by atoms with E-state index in [4.69, 9.17) is 16.6 Å². The summed E-state index contributed by atoms with van der Waals surface area (Å²) in [7, 11) is 0. The molecule has 2 heterocycles. The molecule has 1 aromatic heterocycles. The minimum Gasteiger partial charge on any atom is -0.428 e. The van der Waals surface area contributed by atoms with Gasteiger partial charge in [-0.25, -0.2) is 0 Å². The van der Waals surface area contributed by atoms with E-state index in [1.807, 2.05) is 18.2 Å². The van der Waals surface area contributed by atoms with Gasteiger partial charge in [0.2, 0.25) is 0 Å². The van der Waals surface area contributed by atoms with Gasteiger partial charge >= 0.3 is 0 Å². The zero-order valence-corrected chi connectivity index (χ0v) is 12.8. The quantitative estimate of drug-likeness (QED) is 0.886. The van der Waals surface area contributed by atoms with Crippen LogP contribution in [-0.4, -0.2) is 41.0 Å². The van der Waals surface area contributed by atoms with Crippen molar-refractivity contribution in [1.29, 1.82) is 0 Å². The van der Waals surface area contributed by atoms with Crippen molar-refractivity contribution in [2.75, 3.05) is 26.2 Å². The molecule has 0 saturated carbocycles. The normalized spacial score (nSPS) is 17.5. The largest absolute Gasteiger partial charge is 0.428 e. The molecule has 0 amide bonds. The molecule has 21 heavy (non-hydrogen) atoms. The SMILES string of the molecule is On1ccc(=NCCN2CCCCC2)c2ccc(Cl)cc21. The fourth-order valence-corrected chi connectivity index (χ4v) is 3.02. The van der Waals surface area contributed by atoms with Crippen LogP contribution in [0, 0.1) is 0 Å². The average molecular weight is 306 g/mol. The summed E-state index contributed by atoms with van der Waals surface area (Å²) in [4.78, 5) is 7.16. The Morgan fingerprint density at radius 2 is 1.95 bits per heavy atom. The van der Waals surface area contributed by atoms with Gasteiger partial charge in [0.15, 0.2) is 0 Å². The van der Waals surface area contributed by atoms with E-state index < -0.39 is 0 Å². The third kappa shape index (κ3) is 3.39. The minimum atomic E-state index is 0.607. The number of hydrogen-bond donors (Lipinski definition) is 1. The zero-order valence-electron chi connectivity index (χ0n) is 12.0. The molecular weight excluding hydrogens is 286 g/mol. The van der Waals surface area contributed by atoms with E-state index >= 15 is 0 Å². The summed E-state index contributed by atoms with van der Waals surface area (Å²) in [5.74, 6) is 0. The van der Waals surface area contributed by atoms with Crippen molar-refractivity contribution in [3.8, 4) is 0 Å². The molecule has 0 radical (unpaired) electrons. The lowest BCUT2D eigenvalue weighted by molar-refractivity contribution is 0.198. The third-order valence-electron chi connectivity index (χ3n) is 4.00. The summed E-state index contributed by atoms with van der Waals surface area (Å²) in [6.07, 6.45) is 5.57. The van der Waals surface area contributed by atoms with Crippen LogP contribution >= 0.6 is 11.6 Å². The van der Waals surface area contributed by atoms with Gasteiger partial charge in [0, 0.05) is 23.2 Å². The van der Waals surface area contributed by atoms with Gasteiger partial charge in [0.25, 0.3) is 0 Å². The topological polar surface area (TPSA) is 40.8 Å². The van der Waals surface area contributed by atoms with Gasteiger partial charge in [-0.2, -0.15) is 4.73 Å². The average Bonchev–Trinajstić information content (AvgIpc) is 2.51. The molecule has 0 bridgehead atoms. The van der Waals surface area contributed by atoms with Crippen LogP contribution < -0.4 is 5.36 Å². The van der Waals surface area contributed by atoms with Gasteiger partial charge in [0.1, 0.15) is 0 Å². The second-order valence-electron chi connectivity index (χ2n) is 5.49. The zero-order chi connectivity index (χ0) is 14.7. The van der Waals surface area contributed by atoms with Crippen molar-refractivity contribution in [3.05, 3.63) is 40.8 Å². The van der Waals surface area contributed by atoms with Crippen molar-refractivity contribution in [1.82, 2.24) is 9.63 Å². The lowest BCUT2D eigenvalue weighted by Gasteiger charge is -2.25. The summed E-state index contributed by atoms with van der Waals surface area (Å²) in [6.45, 7) is 4.17. The highest BCUT2D eigenvalue weighted by Crippen LogP contribution is 2.15. The Hall–Kier alpha value is -1.52. The Labute approximate surface area is 129 Å². The van der Waals surface area contributed by atoms with Crippen molar-refractivity contribution in [2.24, 2.45) is 4.99 Å². The summed E-state index contributed by atoms with van der Waals surface area (Å²) in [5, 5.41) is 12.3. The monoisotopic (exact) mass is 305 g/mol. The van der Waals surface area contributed by atoms with Gasteiger partial charge in [-0.3, -0.25) is 4.99 Å². The van der Waals surface area contributed by atoms with Crippen molar-refractivity contribution < 1.29 is 5.21 Å². The summed E-state index contributed by atoms with van der Waals surface area (Å²) in [5.41, 5.74) is 0.682. The van der Waals surface area contributed by atoms with Crippen LogP contribution in [0.4, 0.5) is 0 Å². The van der Waals surface area contributed by atoms with Crippen LogP contribution in [-0.2, 0) is 0 Å². The number of fused-ring (bicyclic) bond motifs is 1. The van der Waals surface area contributed by atoms with E-state index in [-0.39, 0.29) is 0 Å². The van der Waals surface area contributed by atoms with Gasteiger partial charge < -0.3 is 10.1 Å². The highest BCUT2D eigenvalue weighted by atomic mass is 35.5. The lowest BCUT2D eigenvalue weighted by Crippen LogP contribution is -2.32. The standard InChI is InChI=1S/C16H20ClN3O/c17-13-4-5-14-15(6-10-20(21)16(14)12-13)18-7-11-19-8-2-1-3-9-19/h4-6,10,12,21H,1-3,7-9,11H2. The molecule has 1 aliphatic heterocycles. The third-order valence-corrected chi connectivity index (χ3v) is 4.24. The number of likely N-dealkylation sites (tertiary alicyclic amines) is 1. The number of halogens is 1. The number of pyridine rings is 1. The number of nitrogens with zero attached hydrogens (tertiary/aromatic N) is 3. The first-order chi connectivity index (χ1) is 10.2. The number of piperidine rings is 1. The Morgan fingerprint density at radius 3 is 2.76 bits per heavy atom. The van der Waals surface area contributed by atoms with Gasteiger partial charge in [-0.05, 0) is 50.2 Å². The maximum absolute atomic E-state index is 9.86. The molecule has 1 aliphatic rings. The minimum absolute atomic E-state index is 0.607. The maximum atomic E-state index is 9.86. The maximum Gasteiger partial charge on any atom is 0.0901 e. The molecule has 1 N–H and O–H groups in total. The Kier molecular flexibility index (Phi) is 4.46. The van der Waals surface area contributed by atoms with Gasteiger partial charge in [-0.1, -0.05) is 18.0 Å². The molecule has 1 fully saturated rings. The molecule has 3 rings (SSSR count). The van der Waals surface area contributed by atoms with E-state index in [0.29, 0.717) is 10.5 Å². The van der Waals surface area contributed by atoms with Crippen LogP contribution in [0.1, 0.15) is 19.3 Å². The van der Waals surface area contributed by atoms with E-state index in [1.54, 1.807) is 12.3 Å². The van der Waals surface area contributed by atoms with Crippen LogP contribution in [0.3, 0.4) is 0 Å². The first kappa shape index (κ1) is 14.4. The van der Waals surface area contributed by atoms with Crippen molar-refractivity contribution in [3.63, 3.8) is 0 Å². The predicted octanol–water partition coefficient (Wildman–Crippen LogP) is 2.92. The number of aromatic nitrogens is 1. The second kappa shape index (κ2) is 6.50. The van der Waals surface area contributed by atoms with E-state index in [1.165, 1.54) is 32.4 Å². The predicted molar refractivity (Wildman–Crippen MR) is 84.9 cm³/mol. The molecule has 2 aromatic rings. The van der Waals surface area contributed by atoms with Crippen molar-refractivity contribution in [2.45, 2.75) is 19.3 Å². The molecule has 1 aromatic carbocycles. The number of hydrogen-bond acceptors (Lipinski definition) is 3. The summed E-state index contributed by atoms with van der Waals surface area (Å²) < 4.78 is 1.09. The van der Waals surface area contributed by atoms with Crippen molar-refractivity contribution >= 4 is 22.5 Å². The fraction of sp³-hybridized carbons (Fsp3) is 0.438. The molecule has 0 unspecified atom stereocenters. The molecule has 0 aliphatic carbocycles. The summed E-state index contributed by atoms with van der Waals surface area (Å²) in [6, 6.07) is 7.32. The molecule has 112 valence electrons. The highest BCUT2D eigenvalue weighted by molar-refractivity contribution is 6.31. The molecule has 1 saturated heterocycles. The second-order valence-corrected chi connectivity index (χ2v) is 5.93. The fourth-order valence-electron chi connectivity index (χ4n) is 2.85. The number of benzene rings is 1. The van der Waals surface area contributed by atoms with Gasteiger partial charge in [0.05, 0.1) is 17.4 Å². The first-order valence-electron chi connectivity index (χ1n) is 7.47. The lowest BCUT2D eigenvalue weighted by atomic mass is 10.1. The smallest absolute Gasteiger partial charge is 0.0901 e. The Bertz CT molecular complexity index is 689. The van der Waals surface area contributed by atoms with Crippen LogP contribution in [0.25, 0.3) is 10.9 Å². The van der Waals surface area contributed by atoms with Gasteiger partial charge in [-0.15, -0.1) is 0 Å². The van der Waals surface area contributed by atoms with Crippen LogP contribution in [0.2, 0.25) is 5.02 Å². The van der Waals surface area contributed by atoms with Crippen LogP contribution in [0.5, 0.6) is 0 Å². The van der Waals surface area contributed by atoms with E-state index in [0.717, 1.165) is 28.6 Å². The molecular formula is C16H20ClN3O. The first-order valence-corrected chi connectivity index (χ1v) is 7.85.